The van der Waals surface area contributed by atoms with Gasteiger partial charge in [0.1, 0.15) is 11.5 Å². The van der Waals surface area contributed by atoms with Crippen molar-refractivity contribution in [1.82, 2.24) is 9.80 Å². The molecule has 6 heteroatoms. The van der Waals surface area contributed by atoms with E-state index < -0.39 is 0 Å². The number of nitrogens with zero attached hydrogens (tertiary/aromatic N) is 2. The molecule has 0 atom stereocenters. The van der Waals surface area contributed by atoms with Crippen molar-refractivity contribution >= 4 is 11.8 Å². The fourth-order valence-corrected chi connectivity index (χ4v) is 3.49. The van der Waals surface area contributed by atoms with Crippen LogP contribution in [0.3, 0.4) is 0 Å². The molecule has 0 aromatic heterocycles. The molecular weight excluding hydrogens is 392 g/mol. The normalized spacial score (nSPS) is 14.1. The van der Waals surface area contributed by atoms with Gasteiger partial charge < -0.3 is 19.3 Å². The van der Waals surface area contributed by atoms with Gasteiger partial charge in [-0.25, -0.2) is 0 Å². The minimum absolute atomic E-state index is 0.0212. The van der Waals surface area contributed by atoms with E-state index in [9.17, 15) is 9.59 Å². The topological polar surface area (TPSA) is 59.1 Å². The maximum absolute atomic E-state index is 12.6. The van der Waals surface area contributed by atoms with Gasteiger partial charge in [-0.3, -0.25) is 9.59 Å². The van der Waals surface area contributed by atoms with E-state index in [-0.39, 0.29) is 18.4 Å². The number of rotatable bonds is 8. The monoisotopic (exact) mass is 424 g/mol. The molecular formula is C25H32N2O4. The molecule has 2 aromatic rings. The van der Waals surface area contributed by atoms with Gasteiger partial charge >= 0.3 is 0 Å². The van der Waals surface area contributed by atoms with E-state index >= 15 is 0 Å². The van der Waals surface area contributed by atoms with Gasteiger partial charge in [0.2, 0.25) is 5.91 Å². The lowest BCUT2D eigenvalue weighted by Crippen LogP contribution is -2.39. The van der Waals surface area contributed by atoms with Crippen LogP contribution < -0.4 is 9.47 Å². The van der Waals surface area contributed by atoms with Crippen molar-refractivity contribution in [3.8, 4) is 11.5 Å². The molecule has 1 heterocycles. The lowest BCUT2D eigenvalue weighted by atomic mass is 10.2. The SMILES string of the molecule is Cc1ccc(OCCCC(=O)N2CCCN(C(=O)COc3ccc(C)cc3)CC2)cc1. The second-order valence-corrected chi connectivity index (χ2v) is 7.98. The van der Waals surface area contributed by atoms with E-state index in [1.165, 1.54) is 5.56 Å². The number of ether oxygens (including phenoxy) is 2. The third kappa shape index (κ3) is 7.31. The van der Waals surface area contributed by atoms with Gasteiger partial charge in [-0.15, -0.1) is 0 Å². The lowest BCUT2D eigenvalue weighted by Gasteiger charge is -2.22. The average Bonchev–Trinajstić information content (AvgIpc) is 3.04. The highest BCUT2D eigenvalue weighted by Gasteiger charge is 2.22. The Hall–Kier alpha value is -3.02. The van der Waals surface area contributed by atoms with Gasteiger partial charge in [0.15, 0.2) is 6.61 Å². The zero-order chi connectivity index (χ0) is 22.1. The molecule has 1 aliphatic rings. The average molecular weight is 425 g/mol. The van der Waals surface area contributed by atoms with Crippen LogP contribution in [0.4, 0.5) is 0 Å². The highest BCUT2D eigenvalue weighted by molar-refractivity contribution is 5.78. The molecule has 1 saturated heterocycles. The molecule has 2 aromatic carbocycles. The van der Waals surface area contributed by atoms with Gasteiger partial charge in [0.05, 0.1) is 6.61 Å². The quantitative estimate of drug-likeness (QED) is 0.608. The first-order valence-corrected chi connectivity index (χ1v) is 11.0. The molecule has 0 aliphatic carbocycles. The summed E-state index contributed by atoms with van der Waals surface area (Å²) >= 11 is 0. The Bertz CT molecular complexity index is 849. The van der Waals surface area contributed by atoms with E-state index in [0.717, 1.165) is 17.7 Å². The predicted octanol–water partition coefficient (Wildman–Crippen LogP) is 3.60. The number of carbonyl (C=O) groups is 2. The molecule has 0 radical (unpaired) electrons. The van der Waals surface area contributed by atoms with Crippen molar-refractivity contribution < 1.29 is 19.1 Å². The molecule has 2 amide bonds. The fraction of sp³-hybridized carbons (Fsp3) is 0.440. The largest absolute Gasteiger partial charge is 0.494 e. The molecule has 166 valence electrons. The zero-order valence-electron chi connectivity index (χ0n) is 18.5. The molecule has 1 aliphatic heterocycles. The van der Waals surface area contributed by atoms with Crippen molar-refractivity contribution in [2.45, 2.75) is 33.1 Å². The minimum Gasteiger partial charge on any atom is -0.494 e. The van der Waals surface area contributed by atoms with Crippen LogP contribution in [-0.2, 0) is 9.59 Å². The van der Waals surface area contributed by atoms with E-state index in [2.05, 4.69) is 0 Å². The van der Waals surface area contributed by atoms with Crippen LogP contribution >= 0.6 is 0 Å². The molecule has 31 heavy (non-hydrogen) atoms. The Morgan fingerprint density at radius 3 is 1.84 bits per heavy atom. The minimum atomic E-state index is -0.0404. The predicted molar refractivity (Wildman–Crippen MR) is 120 cm³/mol. The van der Waals surface area contributed by atoms with Crippen molar-refractivity contribution in [3.05, 3.63) is 59.7 Å². The molecule has 0 saturated carbocycles. The van der Waals surface area contributed by atoms with E-state index in [1.54, 1.807) is 4.90 Å². The Labute approximate surface area is 184 Å². The van der Waals surface area contributed by atoms with Gasteiger partial charge in [-0.2, -0.15) is 0 Å². The summed E-state index contributed by atoms with van der Waals surface area (Å²) in [5, 5.41) is 0. The van der Waals surface area contributed by atoms with Gasteiger partial charge in [0, 0.05) is 32.6 Å². The maximum atomic E-state index is 12.6. The van der Waals surface area contributed by atoms with Crippen molar-refractivity contribution in [1.29, 1.82) is 0 Å². The standard InChI is InChI=1S/C25H32N2O4/c1-20-6-10-22(11-7-20)30-18-3-5-24(28)26-14-4-15-27(17-16-26)25(29)19-31-23-12-8-21(2)9-13-23/h6-13H,3-5,14-19H2,1-2H3. The van der Waals surface area contributed by atoms with Crippen LogP contribution in [0.15, 0.2) is 48.5 Å². The second-order valence-electron chi connectivity index (χ2n) is 7.98. The van der Waals surface area contributed by atoms with Crippen LogP contribution in [-0.4, -0.2) is 61.0 Å². The fourth-order valence-electron chi connectivity index (χ4n) is 3.49. The third-order valence-electron chi connectivity index (χ3n) is 5.41. The summed E-state index contributed by atoms with van der Waals surface area (Å²) in [6, 6.07) is 15.6. The van der Waals surface area contributed by atoms with E-state index in [0.29, 0.717) is 51.4 Å². The highest BCUT2D eigenvalue weighted by Crippen LogP contribution is 2.14. The van der Waals surface area contributed by atoms with E-state index in [4.69, 9.17) is 9.47 Å². The first-order valence-electron chi connectivity index (χ1n) is 11.0. The number of hydrogen-bond donors (Lipinski definition) is 0. The van der Waals surface area contributed by atoms with Crippen LogP contribution in [0, 0.1) is 13.8 Å². The Kier molecular flexibility index (Phi) is 8.33. The maximum Gasteiger partial charge on any atom is 0.260 e. The molecule has 6 nitrogen and oxygen atoms in total. The summed E-state index contributed by atoms with van der Waals surface area (Å²) in [7, 11) is 0. The molecule has 1 fully saturated rings. The number of benzene rings is 2. The summed E-state index contributed by atoms with van der Waals surface area (Å²) in [5.41, 5.74) is 2.34. The van der Waals surface area contributed by atoms with Crippen molar-refractivity contribution in [2.75, 3.05) is 39.4 Å². The Morgan fingerprint density at radius 1 is 0.742 bits per heavy atom. The van der Waals surface area contributed by atoms with E-state index in [1.807, 2.05) is 67.3 Å². The van der Waals surface area contributed by atoms with Crippen LogP contribution in [0.1, 0.15) is 30.4 Å². The van der Waals surface area contributed by atoms with Crippen LogP contribution in [0.25, 0.3) is 0 Å². The summed E-state index contributed by atoms with van der Waals surface area (Å²) in [4.78, 5) is 28.7. The van der Waals surface area contributed by atoms with Crippen LogP contribution in [0.2, 0.25) is 0 Å². The molecule has 3 rings (SSSR count). The Morgan fingerprint density at radius 2 is 1.26 bits per heavy atom. The number of amides is 2. The molecule has 0 spiro atoms. The number of carbonyl (C=O) groups excluding carboxylic acids is 2. The molecule has 0 unspecified atom stereocenters. The summed E-state index contributed by atoms with van der Waals surface area (Å²) in [6.07, 6.45) is 1.91. The first-order chi connectivity index (χ1) is 15.0. The van der Waals surface area contributed by atoms with Crippen molar-refractivity contribution in [3.63, 3.8) is 0 Å². The van der Waals surface area contributed by atoms with Crippen LogP contribution in [0.5, 0.6) is 11.5 Å². The van der Waals surface area contributed by atoms with Gasteiger partial charge in [-0.1, -0.05) is 35.4 Å². The lowest BCUT2D eigenvalue weighted by molar-refractivity contribution is -0.134. The van der Waals surface area contributed by atoms with Gasteiger partial charge in [0.25, 0.3) is 5.91 Å². The summed E-state index contributed by atoms with van der Waals surface area (Å²) in [5.74, 6) is 1.60. The summed E-state index contributed by atoms with van der Waals surface area (Å²) in [6.45, 7) is 7.02. The zero-order valence-corrected chi connectivity index (χ0v) is 18.5. The smallest absolute Gasteiger partial charge is 0.260 e. The molecule has 0 N–H and O–H groups in total. The summed E-state index contributed by atoms with van der Waals surface area (Å²) < 4.78 is 11.3. The Balaban J connectivity index is 1.36. The first kappa shape index (κ1) is 22.7. The molecule has 0 bridgehead atoms. The highest BCUT2D eigenvalue weighted by atomic mass is 16.5. The number of hydrogen-bond acceptors (Lipinski definition) is 4. The van der Waals surface area contributed by atoms with Crippen molar-refractivity contribution in [2.24, 2.45) is 0 Å². The number of aryl methyl sites for hydroxylation is 2. The van der Waals surface area contributed by atoms with Gasteiger partial charge in [-0.05, 0) is 51.0 Å². The third-order valence-corrected chi connectivity index (χ3v) is 5.41. The second kappa shape index (κ2) is 11.4.